The molecule has 1 fully saturated rings. The maximum absolute atomic E-state index is 5.79. The van der Waals surface area contributed by atoms with Gasteiger partial charge in [-0.05, 0) is 19.3 Å². The van der Waals surface area contributed by atoms with Crippen molar-refractivity contribution < 1.29 is 4.74 Å². The van der Waals surface area contributed by atoms with Crippen LogP contribution in [-0.2, 0) is 5.41 Å². The van der Waals surface area contributed by atoms with Gasteiger partial charge in [0.15, 0.2) is 0 Å². The molecule has 19 heavy (non-hydrogen) atoms. The largest absolute Gasteiger partial charge is 0.478 e. The molecule has 0 amide bonds. The first-order valence-corrected chi connectivity index (χ1v) is 7.25. The number of rotatable bonds is 6. The van der Waals surface area contributed by atoms with E-state index in [1.54, 1.807) is 0 Å². The van der Waals surface area contributed by atoms with E-state index in [0.29, 0.717) is 5.88 Å². The lowest BCUT2D eigenvalue weighted by atomic mass is 9.96. The number of hydrogen-bond donors (Lipinski definition) is 1. The fourth-order valence-corrected chi connectivity index (χ4v) is 1.84. The Bertz CT molecular complexity index is 422. The van der Waals surface area contributed by atoms with E-state index in [2.05, 4.69) is 43.0 Å². The smallest absolute Gasteiger partial charge is 0.218 e. The van der Waals surface area contributed by atoms with Gasteiger partial charge in [0.25, 0.3) is 0 Å². The zero-order chi connectivity index (χ0) is 13.9. The van der Waals surface area contributed by atoms with Crippen LogP contribution in [0.3, 0.4) is 0 Å². The molecule has 2 rings (SSSR count). The molecule has 0 spiro atoms. The molecular weight excluding hydrogens is 238 g/mol. The zero-order valence-corrected chi connectivity index (χ0v) is 12.5. The van der Waals surface area contributed by atoms with Gasteiger partial charge in [-0.1, -0.05) is 33.6 Å². The second kappa shape index (κ2) is 5.76. The van der Waals surface area contributed by atoms with E-state index in [-0.39, 0.29) is 5.41 Å². The summed E-state index contributed by atoms with van der Waals surface area (Å²) in [6, 6.07) is 1.89. The fourth-order valence-electron chi connectivity index (χ4n) is 1.84. The first-order chi connectivity index (χ1) is 8.99. The summed E-state index contributed by atoms with van der Waals surface area (Å²) in [6.07, 6.45) is 3.87. The van der Waals surface area contributed by atoms with Gasteiger partial charge in [0.05, 0.1) is 6.61 Å². The highest BCUT2D eigenvalue weighted by atomic mass is 16.5. The molecule has 0 atom stereocenters. The van der Waals surface area contributed by atoms with Crippen LogP contribution in [0.4, 0.5) is 5.82 Å². The van der Waals surface area contributed by atoms with Crippen LogP contribution >= 0.6 is 0 Å². The van der Waals surface area contributed by atoms with E-state index < -0.39 is 0 Å². The van der Waals surface area contributed by atoms with Crippen molar-refractivity contribution in [1.29, 1.82) is 0 Å². The van der Waals surface area contributed by atoms with E-state index in [9.17, 15) is 0 Å². The van der Waals surface area contributed by atoms with Gasteiger partial charge in [0.2, 0.25) is 5.88 Å². The van der Waals surface area contributed by atoms with Gasteiger partial charge in [-0.25, -0.2) is 4.98 Å². The Hall–Kier alpha value is -1.32. The van der Waals surface area contributed by atoms with Crippen molar-refractivity contribution in [3.63, 3.8) is 0 Å². The average Bonchev–Trinajstić information content (AvgIpc) is 3.12. The first kappa shape index (κ1) is 14.1. The topological polar surface area (TPSA) is 47.0 Å². The predicted octanol–water partition coefficient (Wildman–Crippen LogP) is 3.38. The van der Waals surface area contributed by atoms with E-state index in [1.165, 1.54) is 12.8 Å². The van der Waals surface area contributed by atoms with Gasteiger partial charge in [-0.2, -0.15) is 4.98 Å². The molecule has 0 unspecified atom stereocenters. The van der Waals surface area contributed by atoms with Crippen LogP contribution in [0, 0.1) is 5.92 Å². The third-order valence-corrected chi connectivity index (χ3v) is 3.20. The Kier molecular flexibility index (Phi) is 4.27. The molecule has 0 radical (unpaired) electrons. The van der Waals surface area contributed by atoms with Crippen LogP contribution in [0.2, 0.25) is 0 Å². The lowest BCUT2D eigenvalue weighted by molar-refractivity contribution is 0.288. The second-order valence-corrected chi connectivity index (χ2v) is 6.28. The van der Waals surface area contributed by atoms with Gasteiger partial charge in [-0.15, -0.1) is 0 Å². The van der Waals surface area contributed by atoms with E-state index in [0.717, 1.165) is 37.1 Å². The molecule has 106 valence electrons. The molecule has 0 aliphatic heterocycles. The SMILES string of the molecule is CCNc1cc(OCCC2CC2)nc(C(C)(C)C)n1. The van der Waals surface area contributed by atoms with Crippen LogP contribution < -0.4 is 10.1 Å². The van der Waals surface area contributed by atoms with Crippen LogP contribution in [0.25, 0.3) is 0 Å². The molecular formula is C15H25N3O. The first-order valence-electron chi connectivity index (χ1n) is 7.25. The van der Waals surface area contributed by atoms with Crippen LogP contribution in [0.15, 0.2) is 6.07 Å². The highest BCUT2D eigenvalue weighted by Crippen LogP contribution is 2.32. The molecule has 1 aliphatic rings. The highest BCUT2D eigenvalue weighted by molar-refractivity contribution is 5.39. The van der Waals surface area contributed by atoms with Gasteiger partial charge in [0, 0.05) is 18.0 Å². The van der Waals surface area contributed by atoms with Crippen molar-refractivity contribution >= 4 is 5.82 Å². The summed E-state index contributed by atoms with van der Waals surface area (Å²) in [7, 11) is 0. The second-order valence-electron chi connectivity index (χ2n) is 6.28. The average molecular weight is 263 g/mol. The van der Waals surface area contributed by atoms with Gasteiger partial charge in [0.1, 0.15) is 11.6 Å². The van der Waals surface area contributed by atoms with Crippen LogP contribution in [-0.4, -0.2) is 23.1 Å². The fraction of sp³-hybridized carbons (Fsp3) is 0.733. The molecule has 1 aliphatic carbocycles. The Balaban J connectivity index is 2.08. The van der Waals surface area contributed by atoms with Crippen LogP contribution in [0.1, 0.15) is 52.8 Å². The Labute approximate surface area is 116 Å². The minimum absolute atomic E-state index is 0.0694. The third kappa shape index (κ3) is 4.37. The van der Waals surface area contributed by atoms with Crippen molar-refractivity contribution in [2.24, 2.45) is 5.92 Å². The van der Waals surface area contributed by atoms with E-state index in [1.807, 2.05) is 6.07 Å². The molecule has 0 saturated heterocycles. The molecule has 1 aromatic rings. The maximum atomic E-state index is 5.79. The summed E-state index contributed by atoms with van der Waals surface area (Å²) in [5.74, 6) is 3.25. The molecule has 0 aromatic carbocycles. The standard InChI is InChI=1S/C15H25N3O/c1-5-16-12-10-13(19-9-8-11-6-7-11)18-14(17-12)15(2,3)4/h10-11H,5-9H2,1-4H3,(H,16,17,18). The molecule has 1 aromatic heterocycles. The van der Waals surface area contributed by atoms with E-state index in [4.69, 9.17) is 4.74 Å². The lowest BCUT2D eigenvalue weighted by Gasteiger charge is -2.18. The summed E-state index contributed by atoms with van der Waals surface area (Å²) in [5, 5.41) is 3.24. The van der Waals surface area contributed by atoms with Crippen molar-refractivity contribution in [1.82, 2.24) is 9.97 Å². The van der Waals surface area contributed by atoms with Gasteiger partial charge in [-0.3, -0.25) is 0 Å². The Morgan fingerprint density at radius 3 is 2.63 bits per heavy atom. The Morgan fingerprint density at radius 1 is 1.32 bits per heavy atom. The minimum atomic E-state index is -0.0694. The Morgan fingerprint density at radius 2 is 2.05 bits per heavy atom. The van der Waals surface area contributed by atoms with E-state index >= 15 is 0 Å². The molecule has 1 heterocycles. The molecule has 0 bridgehead atoms. The zero-order valence-electron chi connectivity index (χ0n) is 12.5. The number of anilines is 1. The summed E-state index contributed by atoms with van der Waals surface area (Å²) in [4.78, 5) is 9.08. The normalized spacial score (nSPS) is 15.4. The summed E-state index contributed by atoms with van der Waals surface area (Å²) < 4.78 is 5.79. The predicted molar refractivity (Wildman–Crippen MR) is 77.7 cm³/mol. The van der Waals surface area contributed by atoms with Gasteiger partial charge < -0.3 is 10.1 Å². The van der Waals surface area contributed by atoms with Crippen LogP contribution in [0.5, 0.6) is 5.88 Å². The number of nitrogens with one attached hydrogen (secondary N) is 1. The monoisotopic (exact) mass is 263 g/mol. The molecule has 1 saturated carbocycles. The quantitative estimate of drug-likeness (QED) is 0.854. The summed E-state index contributed by atoms with van der Waals surface area (Å²) in [5.41, 5.74) is -0.0694. The molecule has 1 N–H and O–H groups in total. The minimum Gasteiger partial charge on any atom is -0.478 e. The lowest BCUT2D eigenvalue weighted by Crippen LogP contribution is -2.18. The molecule has 4 heteroatoms. The summed E-state index contributed by atoms with van der Waals surface area (Å²) >= 11 is 0. The number of aromatic nitrogens is 2. The highest BCUT2D eigenvalue weighted by Gasteiger charge is 2.22. The van der Waals surface area contributed by atoms with Gasteiger partial charge >= 0.3 is 0 Å². The molecule has 4 nitrogen and oxygen atoms in total. The van der Waals surface area contributed by atoms with Crippen molar-refractivity contribution in [2.45, 2.75) is 52.4 Å². The maximum Gasteiger partial charge on any atom is 0.218 e. The number of hydrogen-bond acceptors (Lipinski definition) is 4. The van der Waals surface area contributed by atoms with Crippen molar-refractivity contribution in [2.75, 3.05) is 18.5 Å². The third-order valence-electron chi connectivity index (χ3n) is 3.20. The number of nitrogens with zero attached hydrogens (tertiary/aromatic N) is 2. The summed E-state index contributed by atoms with van der Waals surface area (Å²) in [6.45, 7) is 10.0. The number of ether oxygens (including phenoxy) is 1. The van der Waals surface area contributed by atoms with Crippen molar-refractivity contribution in [3.8, 4) is 5.88 Å². The van der Waals surface area contributed by atoms with Crippen molar-refractivity contribution in [3.05, 3.63) is 11.9 Å².